The van der Waals surface area contributed by atoms with Crippen molar-refractivity contribution in [3.8, 4) is 0 Å². The molecule has 1 atom stereocenters. The van der Waals surface area contributed by atoms with Gasteiger partial charge in [0.1, 0.15) is 0 Å². The number of hydrogen-bond acceptors (Lipinski definition) is 2. The maximum absolute atomic E-state index is 12.8. The van der Waals surface area contributed by atoms with Crippen molar-refractivity contribution in [1.82, 2.24) is 0 Å². The lowest BCUT2D eigenvalue weighted by molar-refractivity contribution is -0.166. The number of hydrogen-bond donors (Lipinski definition) is 0. The molecule has 1 rings (SSSR count). The van der Waals surface area contributed by atoms with Gasteiger partial charge < -0.3 is 4.74 Å². The molecule has 94 valence electrons. The van der Waals surface area contributed by atoms with Crippen LogP contribution in [0.5, 0.6) is 0 Å². The lowest BCUT2D eigenvalue weighted by Crippen LogP contribution is -2.24. The van der Waals surface area contributed by atoms with Gasteiger partial charge in [0.25, 0.3) is 0 Å². The quantitative estimate of drug-likeness (QED) is 0.762. The van der Waals surface area contributed by atoms with E-state index in [2.05, 4.69) is 4.74 Å². The Morgan fingerprint density at radius 2 is 1.88 bits per heavy atom. The Hall–Kier alpha value is -1.52. The largest absolute Gasteiger partial charge is 0.466 e. The van der Waals surface area contributed by atoms with Gasteiger partial charge in [-0.1, -0.05) is 30.3 Å². The zero-order chi connectivity index (χ0) is 12.9. The van der Waals surface area contributed by atoms with E-state index in [1.165, 1.54) is 24.3 Å². The van der Waals surface area contributed by atoms with E-state index in [1.54, 1.807) is 13.0 Å². The molecule has 0 amide bonds. The third kappa shape index (κ3) is 4.09. The van der Waals surface area contributed by atoms with Gasteiger partial charge in [-0.15, -0.1) is 0 Å². The van der Waals surface area contributed by atoms with E-state index < -0.39 is 24.5 Å². The van der Waals surface area contributed by atoms with Gasteiger partial charge in [0.2, 0.25) is 0 Å². The second-order valence-corrected chi connectivity index (χ2v) is 3.51. The van der Waals surface area contributed by atoms with Crippen molar-refractivity contribution in [2.45, 2.75) is 25.4 Å². The molecule has 2 nitrogen and oxygen atoms in total. The normalized spacial score (nSPS) is 13.2. The molecule has 0 fully saturated rings. The van der Waals surface area contributed by atoms with Crippen molar-refractivity contribution < 1.29 is 22.7 Å². The number of alkyl halides is 3. The maximum Gasteiger partial charge on any atom is 0.396 e. The van der Waals surface area contributed by atoms with E-state index in [4.69, 9.17) is 0 Å². The summed E-state index contributed by atoms with van der Waals surface area (Å²) in [6, 6.07) is 7.37. The summed E-state index contributed by atoms with van der Waals surface area (Å²) in [5.74, 6) is -2.64. The second kappa shape index (κ2) is 5.70. The standard InChI is InChI=1S/C12H13F3O2/c1-2-17-11(16)8-10(12(13,14)15)9-6-4-3-5-7-9/h3-7,10H,2,8H2,1H3/t10-/m0/s1. The van der Waals surface area contributed by atoms with Crippen molar-refractivity contribution in [2.75, 3.05) is 6.61 Å². The predicted molar refractivity (Wildman–Crippen MR) is 56.5 cm³/mol. The highest BCUT2D eigenvalue weighted by Crippen LogP contribution is 2.37. The molecule has 0 aliphatic heterocycles. The molecule has 0 saturated heterocycles. The van der Waals surface area contributed by atoms with Gasteiger partial charge in [-0.05, 0) is 12.5 Å². The highest BCUT2D eigenvalue weighted by atomic mass is 19.4. The number of esters is 1. The fourth-order valence-corrected chi connectivity index (χ4v) is 1.49. The molecule has 0 spiro atoms. The molecule has 1 aromatic rings. The Kier molecular flexibility index (Phi) is 4.54. The number of rotatable bonds is 4. The summed E-state index contributed by atoms with van der Waals surface area (Å²) < 4.78 is 42.9. The van der Waals surface area contributed by atoms with Crippen LogP contribution in [0.2, 0.25) is 0 Å². The zero-order valence-electron chi connectivity index (χ0n) is 9.33. The Balaban J connectivity index is 2.87. The van der Waals surface area contributed by atoms with Gasteiger partial charge in [-0.2, -0.15) is 13.2 Å². The number of carbonyl (C=O) groups excluding carboxylic acids is 1. The van der Waals surface area contributed by atoms with Crippen molar-refractivity contribution >= 4 is 5.97 Å². The predicted octanol–water partition coefficient (Wildman–Crippen LogP) is 3.29. The molecule has 0 aromatic heterocycles. The lowest BCUT2D eigenvalue weighted by Gasteiger charge is -2.19. The minimum absolute atomic E-state index is 0.0769. The number of ether oxygens (including phenoxy) is 1. The van der Waals surface area contributed by atoms with Crippen LogP contribution in [0.4, 0.5) is 13.2 Å². The lowest BCUT2D eigenvalue weighted by atomic mass is 9.95. The Bertz CT molecular complexity index is 360. The first-order valence-electron chi connectivity index (χ1n) is 5.22. The number of halogens is 3. The average Bonchev–Trinajstić information content (AvgIpc) is 2.26. The first-order valence-corrected chi connectivity index (χ1v) is 5.22. The van der Waals surface area contributed by atoms with Crippen LogP contribution in [0, 0.1) is 0 Å². The number of benzene rings is 1. The topological polar surface area (TPSA) is 26.3 Å². The summed E-state index contributed by atoms with van der Waals surface area (Å²) in [4.78, 5) is 11.2. The molecule has 0 heterocycles. The molecule has 17 heavy (non-hydrogen) atoms. The van der Waals surface area contributed by atoms with Crippen molar-refractivity contribution in [2.24, 2.45) is 0 Å². The molecule has 0 saturated carbocycles. The summed E-state index contributed by atoms with van der Waals surface area (Å²) in [6.45, 7) is 1.64. The van der Waals surface area contributed by atoms with Gasteiger partial charge in [0.05, 0.1) is 18.9 Å². The molecular formula is C12H13F3O2. The van der Waals surface area contributed by atoms with Crippen LogP contribution in [-0.2, 0) is 9.53 Å². The van der Waals surface area contributed by atoms with E-state index >= 15 is 0 Å². The minimum atomic E-state index is -4.45. The van der Waals surface area contributed by atoms with E-state index in [-0.39, 0.29) is 12.2 Å². The second-order valence-electron chi connectivity index (χ2n) is 3.51. The molecule has 5 heteroatoms. The Morgan fingerprint density at radius 3 is 2.35 bits per heavy atom. The van der Waals surface area contributed by atoms with Crippen LogP contribution in [0.1, 0.15) is 24.8 Å². The molecule has 0 aliphatic rings. The van der Waals surface area contributed by atoms with Gasteiger partial charge in [0, 0.05) is 0 Å². The SMILES string of the molecule is CCOC(=O)C[C@@H](c1ccccc1)C(F)(F)F. The third-order valence-electron chi connectivity index (χ3n) is 2.27. The van der Waals surface area contributed by atoms with Crippen LogP contribution in [0.3, 0.4) is 0 Å². The van der Waals surface area contributed by atoms with Crippen molar-refractivity contribution in [3.63, 3.8) is 0 Å². The molecule has 0 unspecified atom stereocenters. The highest BCUT2D eigenvalue weighted by molar-refractivity contribution is 5.70. The Morgan fingerprint density at radius 1 is 1.29 bits per heavy atom. The first kappa shape index (κ1) is 13.5. The Labute approximate surface area is 97.4 Å². The van der Waals surface area contributed by atoms with E-state index in [0.717, 1.165) is 0 Å². The molecule has 1 aromatic carbocycles. The van der Waals surface area contributed by atoms with Crippen LogP contribution in [0.15, 0.2) is 30.3 Å². The van der Waals surface area contributed by atoms with Crippen molar-refractivity contribution in [1.29, 1.82) is 0 Å². The molecular weight excluding hydrogens is 233 g/mol. The van der Waals surface area contributed by atoms with E-state index in [0.29, 0.717) is 0 Å². The summed E-state index contributed by atoms with van der Waals surface area (Å²) in [5, 5.41) is 0. The van der Waals surface area contributed by atoms with Crippen molar-refractivity contribution in [3.05, 3.63) is 35.9 Å². The first-order chi connectivity index (χ1) is 7.95. The monoisotopic (exact) mass is 246 g/mol. The minimum Gasteiger partial charge on any atom is -0.466 e. The van der Waals surface area contributed by atoms with Crippen LogP contribution >= 0.6 is 0 Å². The smallest absolute Gasteiger partial charge is 0.396 e. The zero-order valence-corrected chi connectivity index (χ0v) is 9.33. The summed E-state index contributed by atoms with van der Waals surface area (Å²) in [7, 11) is 0. The van der Waals surface area contributed by atoms with Gasteiger partial charge in [-0.25, -0.2) is 0 Å². The van der Waals surface area contributed by atoms with Gasteiger partial charge in [0.15, 0.2) is 0 Å². The fraction of sp³-hybridized carbons (Fsp3) is 0.417. The molecule has 0 bridgehead atoms. The summed E-state index contributed by atoms with van der Waals surface area (Å²) >= 11 is 0. The van der Waals surface area contributed by atoms with E-state index in [9.17, 15) is 18.0 Å². The third-order valence-corrected chi connectivity index (χ3v) is 2.27. The maximum atomic E-state index is 12.8. The van der Waals surface area contributed by atoms with Crippen LogP contribution < -0.4 is 0 Å². The highest BCUT2D eigenvalue weighted by Gasteiger charge is 2.42. The van der Waals surface area contributed by atoms with Gasteiger partial charge in [-0.3, -0.25) is 4.79 Å². The molecule has 0 aliphatic carbocycles. The van der Waals surface area contributed by atoms with Crippen LogP contribution in [-0.4, -0.2) is 18.8 Å². The molecule has 0 radical (unpaired) electrons. The van der Waals surface area contributed by atoms with Crippen LogP contribution in [0.25, 0.3) is 0 Å². The summed E-state index contributed by atoms with van der Waals surface area (Å²) in [5.41, 5.74) is 0.0769. The average molecular weight is 246 g/mol. The fourth-order valence-electron chi connectivity index (χ4n) is 1.49. The summed E-state index contributed by atoms with van der Waals surface area (Å²) in [6.07, 6.45) is -5.13. The van der Waals surface area contributed by atoms with E-state index in [1.807, 2.05) is 0 Å². The van der Waals surface area contributed by atoms with Gasteiger partial charge >= 0.3 is 12.1 Å². The molecule has 0 N–H and O–H groups in total. The number of carbonyl (C=O) groups is 1.